The minimum Gasteiger partial charge on any atom is -0.281 e. The molecule has 0 atom stereocenters. The average Bonchev–Trinajstić information content (AvgIpc) is 2.77. The molecule has 0 saturated heterocycles. The number of aromatic amines is 1. The molecule has 1 N–H and O–H groups in total. The van der Waals surface area contributed by atoms with Gasteiger partial charge in [-0.25, -0.2) is 4.98 Å². The molecule has 0 fully saturated rings. The summed E-state index contributed by atoms with van der Waals surface area (Å²) in [6.45, 7) is 8.53. The van der Waals surface area contributed by atoms with Gasteiger partial charge in [0, 0.05) is 17.5 Å². The molecule has 2 aromatic heterocycles. The number of nitrogens with one attached hydrogen (secondary N) is 1. The van der Waals surface area contributed by atoms with Crippen molar-refractivity contribution in [2.75, 3.05) is 0 Å². The summed E-state index contributed by atoms with van der Waals surface area (Å²) in [6, 6.07) is 2.05. The van der Waals surface area contributed by atoms with Crippen LogP contribution in [0.3, 0.4) is 0 Å². The van der Waals surface area contributed by atoms with Gasteiger partial charge in [-0.15, -0.1) is 0 Å². The number of aryl methyl sites for hydroxylation is 2. The van der Waals surface area contributed by atoms with Crippen LogP contribution in [0.1, 0.15) is 61.9 Å². The van der Waals surface area contributed by atoms with Crippen molar-refractivity contribution in [2.24, 2.45) is 0 Å². The Balaban J connectivity index is 2.23. The van der Waals surface area contributed by atoms with E-state index in [-0.39, 0.29) is 0 Å². The van der Waals surface area contributed by atoms with Crippen LogP contribution in [0.2, 0.25) is 10.3 Å². The minimum atomic E-state index is 0.358. The van der Waals surface area contributed by atoms with Gasteiger partial charge in [-0.3, -0.25) is 5.10 Å². The van der Waals surface area contributed by atoms with Crippen LogP contribution in [-0.2, 0) is 12.8 Å². The van der Waals surface area contributed by atoms with Gasteiger partial charge in [0.2, 0.25) is 0 Å². The fourth-order valence-electron chi connectivity index (χ4n) is 2.71. The number of H-pyrrole nitrogens is 1. The first-order valence-electron chi connectivity index (χ1n) is 7.27. The summed E-state index contributed by atoms with van der Waals surface area (Å²) >= 11 is 12.4. The van der Waals surface area contributed by atoms with Crippen LogP contribution >= 0.6 is 23.2 Å². The van der Waals surface area contributed by atoms with Gasteiger partial charge >= 0.3 is 0 Å². The van der Waals surface area contributed by atoms with Crippen LogP contribution in [0, 0.1) is 0 Å². The fourth-order valence-corrected chi connectivity index (χ4v) is 3.48. The van der Waals surface area contributed by atoms with Gasteiger partial charge in [-0.2, -0.15) is 5.10 Å². The van der Waals surface area contributed by atoms with Crippen molar-refractivity contribution in [2.45, 2.75) is 52.4 Å². The Morgan fingerprint density at radius 3 is 2.29 bits per heavy atom. The predicted octanol–water partition coefficient (Wildman–Crippen LogP) is 5.14. The lowest BCUT2D eigenvalue weighted by Crippen LogP contribution is -2.03. The number of pyridine rings is 1. The molecule has 0 aliphatic rings. The van der Waals surface area contributed by atoms with Crippen LogP contribution in [0.25, 0.3) is 0 Å². The number of hydrogen-bond acceptors (Lipinski definition) is 2. The molecule has 0 spiro atoms. The molecule has 0 aromatic carbocycles. The average molecular weight is 326 g/mol. The molecule has 0 bridgehead atoms. The highest BCUT2D eigenvalue weighted by Crippen LogP contribution is 2.29. The molecule has 2 aromatic rings. The van der Waals surface area contributed by atoms with E-state index in [2.05, 4.69) is 42.9 Å². The summed E-state index contributed by atoms with van der Waals surface area (Å²) in [5.74, 6) is 0.716. The second-order valence-electron chi connectivity index (χ2n) is 5.89. The summed E-state index contributed by atoms with van der Waals surface area (Å²) in [4.78, 5) is 4.19. The quantitative estimate of drug-likeness (QED) is 0.773. The predicted molar refractivity (Wildman–Crippen MR) is 88.4 cm³/mol. The molecule has 0 aliphatic heterocycles. The minimum absolute atomic E-state index is 0.358. The molecule has 2 heterocycles. The number of rotatable bonds is 5. The Kier molecular flexibility index (Phi) is 5.28. The number of aromatic nitrogens is 3. The van der Waals surface area contributed by atoms with E-state index in [1.165, 1.54) is 5.56 Å². The zero-order valence-electron chi connectivity index (χ0n) is 12.9. The number of nitrogens with zero attached hydrogens (tertiary/aromatic N) is 2. The zero-order chi connectivity index (χ0) is 15.6. The second-order valence-corrected chi connectivity index (χ2v) is 6.61. The highest BCUT2D eigenvalue weighted by molar-refractivity contribution is 6.30. The Bertz CT molecular complexity index is 618. The van der Waals surface area contributed by atoms with E-state index in [0.717, 1.165) is 29.7 Å². The number of halogens is 2. The third kappa shape index (κ3) is 3.58. The maximum absolute atomic E-state index is 6.24. The van der Waals surface area contributed by atoms with E-state index < -0.39 is 0 Å². The van der Waals surface area contributed by atoms with Gasteiger partial charge in [0.25, 0.3) is 0 Å². The van der Waals surface area contributed by atoms with E-state index in [1.54, 1.807) is 6.20 Å². The van der Waals surface area contributed by atoms with Gasteiger partial charge in [0.1, 0.15) is 5.15 Å². The van der Waals surface area contributed by atoms with Crippen LogP contribution in [0.15, 0.2) is 12.3 Å². The van der Waals surface area contributed by atoms with Crippen molar-refractivity contribution >= 4 is 23.2 Å². The molecule has 0 amide bonds. The summed E-state index contributed by atoms with van der Waals surface area (Å²) in [6.07, 6.45) is 3.54. The van der Waals surface area contributed by atoms with E-state index in [1.807, 2.05) is 6.07 Å². The fraction of sp³-hybridized carbons (Fsp3) is 0.500. The highest BCUT2D eigenvalue weighted by atomic mass is 35.5. The first-order valence-corrected chi connectivity index (χ1v) is 8.03. The lowest BCUT2D eigenvalue weighted by atomic mass is 9.94. The Morgan fingerprint density at radius 2 is 1.67 bits per heavy atom. The maximum atomic E-state index is 6.24. The highest BCUT2D eigenvalue weighted by Gasteiger charge is 2.16. The molecule has 0 saturated carbocycles. The van der Waals surface area contributed by atoms with Crippen LogP contribution in [0.5, 0.6) is 0 Å². The van der Waals surface area contributed by atoms with E-state index >= 15 is 0 Å². The standard InChI is InChI=1S/C16H21Cl2N3/c1-9(2)13-11(7-8-19-15(13)17)5-6-12-14(10(3)4)16(18)21-20-12/h7-10H,5-6H2,1-4H3,(H,20,21). The van der Waals surface area contributed by atoms with Crippen molar-refractivity contribution < 1.29 is 0 Å². The molecule has 0 unspecified atom stereocenters. The number of hydrogen-bond donors (Lipinski definition) is 1. The summed E-state index contributed by atoms with van der Waals surface area (Å²) in [5.41, 5.74) is 4.60. The first-order chi connectivity index (χ1) is 9.91. The SMILES string of the molecule is CC(C)c1c(CCc2[nH]nc(Cl)c2C(C)C)ccnc1Cl. The molecular weight excluding hydrogens is 305 g/mol. The van der Waals surface area contributed by atoms with Gasteiger partial charge in [-0.05, 0) is 41.9 Å². The second kappa shape index (κ2) is 6.80. The van der Waals surface area contributed by atoms with E-state index in [0.29, 0.717) is 22.1 Å². The van der Waals surface area contributed by atoms with Crippen LogP contribution < -0.4 is 0 Å². The van der Waals surface area contributed by atoms with Crippen molar-refractivity contribution in [1.29, 1.82) is 0 Å². The first kappa shape index (κ1) is 16.3. The van der Waals surface area contributed by atoms with Crippen molar-refractivity contribution in [3.05, 3.63) is 45.0 Å². The largest absolute Gasteiger partial charge is 0.281 e. The van der Waals surface area contributed by atoms with Gasteiger partial charge in [0.05, 0.1) is 0 Å². The summed E-state index contributed by atoms with van der Waals surface area (Å²) in [5, 5.41) is 8.37. The van der Waals surface area contributed by atoms with Crippen molar-refractivity contribution in [3.8, 4) is 0 Å². The molecule has 3 nitrogen and oxygen atoms in total. The van der Waals surface area contributed by atoms with Crippen molar-refractivity contribution in [3.63, 3.8) is 0 Å². The third-order valence-electron chi connectivity index (χ3n) is 3.67. The monoisotopic (exact) mass is 325 g/mol. The lowest BCUT2D eigenvalue weighted by Gasteiger charge is -2.14. The van der Waals surface area contributed by atoms with Crippen LogP contribution in [-0.4, -0.2) is 15.2 Å². The molecule has 5 heteroatoms. The zero-order valence-corrected chi connectivity index (χ0v) is 14.4. The lowest BCUT2D eigenvalue weighted by molar-refractivity contribution is 0.792. The molecule has 21 heavy (non-hydrogen) atoms. The van der Waals surface area contributed by atoms with E-state index in [9.17, 15) is 0 Å². The maximum Gasteiger partial charge on any atom is 0.154 e. The summed E-state index contributed by atoms with van der Waals surface area (Å²) in [7, 11) is 0. The Hall–Kier alpha value is -1.06. The van der Waals surface area contributed by atoms with Gasteiger partial charge < -0.3 is 0 Å². The molecule has 114 valence electrons. The smallest absolute Gasteiger partial charge is 0.154 e. The van der Waals surface area contributed by atoms with Gasteiger partial charge in [0.15, 0.2) is 5.15 Å². The molecule has 0 radical (unpaired) electrons. The van der Waals surface area contributed by atoms with Crippen LogP contribution in [0.4, 0.5) is 0 Å². The van der Waals surface area contributed by atoms with Gasteiger partial charge in [-0.1, -0.05) is 50.9 Å². The molecule has 2 rings (SSSR count). The summed E-state index contributed by atoms with van der Waals surface area (Å²) < 4.78 is 0. The van der Waals surface area contributed by atoms with Crippen molar-refractivity contribution in [1.82, 2.24) is 15.2 Å². The molecule has 0 aliphatic carbocycles. The molecular formula is C16H21Cl2N3. The Morgan fingerprint density at radius 1 is 1.00 bits per heavy atom. The Labute approximate surface area is 136 Å². The third-order valence-corrected chi connectivity index (χ3v) is 4.26. The van der Waals surface area contributed by atoms with E-state index in [4.69, 9.17) is 23.2 Å². The normalized spacial score (nSPS) is 11.6. The topological polar surface area (TPSA) is 41.6 Å².